The van der Waals surface area contributed by atoms with Gasteiger partial charge in [-0.05, 0) is 43.4 Å². The number of anilines is 2. The molecule has 1 fully saturated rings. The Bertz CT molecular complexity index is 474. The maximum Gasteiger partial charge on any atom is 0.340 e. The van der Waals surface area contributed by atoms with Crippen LogP contribution in [0.3, 0.4) is 0 Å². The molecule has 0 spiro atoms. The van der Waals surface area contributed by atoms with E-state index in [4.69, 9.17) is 10.5 Å². The quantitative estimate of drug-likeness (QED) is 0.640. The van der Waals surface area contributed by atoms with Crippen molar-refractivity contribution in [3.05, 3.63) is 23.8 Å². The lowest BCUT2D eigenvalue weighted by atomic mass is 9.98. The predicted octanol–water partition coefficient (Wildman–Crippen LogP) is 3.29. The summed E-state index contributed by atoms with van der Waals surface area (Å²) in [6.45, 7) is 5.37. The molecule has 1 aliphatic carbocycles. The van der Waals surface area contributed by atoms with Gasteiger partial charge in [0.2, 0.25) is 0 Å². The number of hydrogen-bond acceptors (Lipinski definition) is 4. The van der Waals surface area contributed by atoms with E-state index >= 15 is 0 Å². The van der Waals surface area contributed by atoms with Gasteiger partial charge in [0.1, 0.15) is 0 Å². The SMILES string of the molecule is CCOC(=O)c1cc(N)ccc1NCC1CCCC1C. The number of hydrogen-bond donors (Lipinski definition) is 2. The Labute approximate surface area is 120 Å². The molecule has 2 rings (SSSR count). The maximum absolute atomic E-state index is 12.0. The topological polar surface area (TPSA) is 64.3 Å². The van der Waals surface area contributed by atoms with Crippen LogP contribution >= 0.6 is 0 Å². The van der Waals surface area contributed by atoms with Crippen molar-refractivity contribution in [2.75, 3.05) is 24.2 Å². The van der Waals surface area contributed by atoms with E-state index in [1.165, 1.54) is 19.3 Å². The van der Waals surface area contributed by atoms with Gasteiger partial charge in [0.05, 0.1) is 12.2 Å². The number of nitrogens with one attached hydrogen (secondary N) is 1. The van der Waals surface area contributed by atoms with Gasteiger partial charge in [-0.25, -0.2) is 4.79 Å². The summed E-state index contributed by atoms with van der Waals surface area (Å²) in [6, 6.07) is 5.35. The molecule has 1 aromatic carbocycles. The van der Waals surface area contributed by atoms with Crippen molar-refractivity contribution >= 4 is 17.3 Å². The lowest BCUT2D eigenvalue weighted by molar-refractivity contribution is 0.0527. The Morgan fingerprint density at radius 2 is 2.25 bits per heavy atom. The van der Waals surface area contributed by atoms with Crippen molar-refractivity contribution in [3.8, 4) is 0 Å². The van der Waals surface area contributed by atoms with Gasteiger partial charge < -0.3 is 15.8 Å². The Morgan fingerprint density at radius 3 is 2.90 bits per heavy atom. The molecule has 3 N–H and O–H groups in total. The summed E-state index contributed by atoms with van der Waals surface area (Å²) < 4.78 is 5.08. The van der Waals surface area contributed by atoms with Crippen LogP contribution in [0.25, 0.3) is 0 Å². The molecular formula is C16H24N2O2. The van der Waals surface area contributed by atoms with Gasteiger partial charge in [-0.2, -0.15) is 0 Å². The van der Waals surface area contributed by atoms with Crippen molar-refractivity contribution in [2.45, 2.75) is 33.1 Å². The van der Waals surface area contributed by atoms with Crippen LogP contribution in [0.2, 0.25) is 0 Å². The van der Waals surface area contributed by atoms with Gasteiger partial charge >= 0.3 is 5.97 Å². The van der Waals surface area contributed by atoms with E-state index in [1.807, 2.05) is 12.1 Å². The Balaban J connectivity index is 2.08. The predicted molar refractivity (Wildman–Crippen MR) is 81.8 cm³/mol. The zero-order chi connectivity index (χ0) is 14.5. The third-order valence-electron chi connectivity index (χ3n) is 4.13. The number of benzene rings is 1. The van der Waals surface area contributed by atoms with Crippen molar-refractivity contribution in [2.24, 2.45) is 11.8 Å². The molecule has 0 heterocycles. The maximum atomic E-state index is 12.0. The lowest BCUT2D eigenvalue weighted by Crippen LogP contribution is -2.18. The molecule has 4 heteroatoms. The molecule has 110 valence electrons. The molecule has 1 saturated carbocycles. The highest BCUT2D eigenvalue weighted by atomic mass is 16.5. The second-order valence-corrected chi connectivity index (χ2v) is 5.57. The summed E-state index contributed by atoms with van der Waals surface area (Å²) in [4.78, 5) is 12.0. The Morgan fingerprint density at radius 1 is 1.45 bits per heavy atom. The monoisotopic (exact) mass is 276 g/mol. The smallest absolute Gasteiger partial charge is 0.340 e. The molecule has 2 atom stereocenters. The molecule has 20 heavy (non-hydrogen) atoms. The van der Waals surface area contributed by atoms with Crippen LogP contribution in [0.1, 0.15) is 43.5 Å². The molecule has 0 aromatic heterocycles. The van der Waals surface area contributed by atoms with Gasteiger partial charge in [0, 0.05) is 17.9 Å². The van der Waals surface area contributed by atoms with E-state index in [0.717, 1.165) is 18.2 Å². The normalized spacial score (nSPS) is 21.7. The Hall–Kier alpha value is -1.71. The number of esters is 1. The minimum Gasteiger partial charge on any atom is -0.462 e. The minimum atomic E-state index is -0.318. The summed E-state index contributed by atoms with van der Waals surface area (Å²) >= 11 is 0. The molecule has 4 nitrogen and oxygen atoms in total. The van der Waals surface area contributed by atoms with E-state index in [1.54, 1.807) is 13.0 Å². The number of rotatable bonds is 5. The highest BCUT2D eigenvalue weighted by Crippen LogP contribution is 2.31. The van der Waals surface area contributed by atoms with Gasteiger partial charge in [0.15, 0.2) is 0 Å². The molecular weight excluding hydrogens is 252 g/mol. The minimum absolute atomic E-state index is 0.318. The fourth-order valence-corrected chi connectivity index (χ4v) is 2.86. The van der Waals surface area contributed by atoms with Crippen LogP contribution in [0, 0.1) is 11.8 Å². The zero-order valence-electron chi connectivity index (χ0n) is 12.3. The van der Waals surface area contributed by atoms with E-state index in [0.29, 0.717) is 23.8 Å². The van der Waals surface area contributed by atoms with Crippen molar-refractivity contribution in [1.82, 2.24) is 0 Å². The van der Waals surface area contributed by atoms with Crippen LogP contribution in [0.4, 0.5) is 11.4 Å². The standard InChI is InChI=1S/C16H24N2O2/c1-3-20-16(19)14-9-13(17)7-8-15(14)18-10-12-6-4-5-11(12)2/h7-9,11-12,18H,3-6,10,17H2,1-2H3. The molecule has 0 aliphatic heterocycles. The molecule has 0 amide bonds. The van der Waals surface area contributed by atoms with Crippen LogP contribution in [0.15, 0.2) is 18.2 Å². The summed E-state index contributed by atoms with van der Waals surface area (Å²) in [5.74, 6) is 1.12. The van der Waals surface area contributed by atoms with E-state index in [2.05, 4.69) is 12.2 Å². The summed E-state index contributed by atoms with van der Waals surface area (Å²) in [7, 11) is 0. The van der Waals surface area contributed by atoms with E-state index in [9.17, 15) is 4.79 Å². The third-order valence-corrected chi connectivity index (χ3v) is 4.13. The van der Waals surface area contributed by atoms with Gasteiger partial charge in [-0.3, -0.25) is 0 Å². The molecule has 1 aromatic rings. The van der Waals surface area contributed by atoms with Crippen LogP contribution < -0.4 is 11.1 Å². The van der Waals surface area contributed by atoms with Gasteiger partial charge in [0.25, 0.3) is 0 Å². The van der Waals surface area contributed by atoms with Gasteiger partial charge in [-0.15, -0.1) is 0 Å². The zero-order valence-corrected chi connectivity index (χ0v) is 12.3. The first-order chi connectivity index (χ1) is 9.61. The number of carbonyl (C=O) groups excluding carboxylic acids is 1. The van der Waals surface area contributed by atoms with Crippen molar-refractivity contribution < 1.29 is 9.53 Å². The first kappa shape index (κ1) is 14.7. The number of nitrogen functional groups attached to an aromatic ring is 1. The van der Waals surface area contributed by atoms with E-state index in [-0.39, 0.29) is 5.97 Å². The molecule has 0 radical (unpaired) electrons. The van der Waals surface area contributed by atoms with Crippen molar-refractivity contribution in [3.63, 3.8) is 0 Å². The van der Waals surface area contributed by atoms with Gasteiger partial charge in [-0.1, -0.05) is 19.8 Å². The average molecular weight is 276 g/mol. The first-order valence-electron chi connectivity index (χ1n) is 7.42. The van der Waals surface area contributed by atoms with Crippen LogP contribution in [-0.2, 0) is 4.74 Å². The van der Waals surface area contributed by atoms with Crippen LogP contribution in [0.5, 0.6) is 0 Å². The van der Waals surface area contributed by atoms with E-state index < -0.39 is 0 Å². The summed E-state index contributed by atoms with van der Waals surface area (Å²) in [5.41, 5.74) is 7.68. The second kappa shape index (κ2) is 6.64. The second-order valence-electron chi connectivity index (χ2n) is 5.57. The number of ether oxygens (including phenoxy) is 1. The van der Waals surface area contributed by atoms with Crippen molar-refractivity contribution in [1.29, 1.82) is 0 Å². The molecule has 0 bridgehead atoms. The molecule has 2 unspecified atom stereocenters. The summed E-state index contributed by atoms with van der Waals surface area (Å²) in [5, 5.41) is 3.40. The number of nitrogens with two attached hydrogens (primary N) is 1. The fraction of sp³-hybridized carbons (Fsp3) is 0.562. The lowest BCUT2D eigenvalue weighted by Gasteiger charge is -2.18. The number of carbonyl (C=O) groups is 1. The average Bonchev–Trinajstić information content (AvgIpc) is 2.83. The third kappa shape index (κ3) is 3.44. The molecule has 0 saturated heterocycles. The Kier molecular flexibility index (Phi) is 4.88. The molecule has 1 aliphatic rings. The highest BCUT2D eigenvalue weighted by molar-refractivity contribution is 5.96. The van der Waals surface area contributed by atoms with Crippen LogP contribution in [-0.4, -0.2) is 19.1 Å². The first-order valence-corrected chi connectivity index (χ1v) is 7.42. The fourth-order valence-electron chi connectivity index (χ4n) is 2.86. The largest absolute Gasteiger partial charge is 0.462 e. The highest BCUT2D eigenvalue weighted by Gasteiger charge is 2.23. The summed E-state index contributed by atoms with van der Waals surface area (Å²) in [6.07, 6.45) is 3.87.